The fourth-order valence-electron chi connectivity index (χ4n) is 0.501. The minimum atomic E-state index is -0.0972. The van der Waals surface area contributed by atoms with Crippen LogP contribution in [0, 0.1) is 0 Å². The molecule has 0 atom stereocenters. The molecule has 0 saturated carbocycles. The van der Waals surface area contributed by atoms with Crippen molar-refractivity contribution in [2.45, 2.75) is 4.90 Å². The maximum Gasteiger partial charge on any atom is 0.206 e. The Morgan fingerprint density at radius 2 is 2.22 bits per heavy atom. The summed E-state index contributed by atoms with van der Waals surface area (Å²) in [5.74, 6) is -0.180. The van der Waals surface area contributed by atoms with E-state index in [0.717, 1.165) is 11.9 Å². The van der Waals surface area contributed by atoms with Gasteiger partial charge in [-0.25, -0.2) is 0 Å². The number of rotatable bonds is 1. The van der Waals surface area contributed by atoms with Crippen LogP contribution in [0.25, 0.3) is 0 Å². The quantitative estimate of drug-likeness (QED) is 0.432. The number of aromatic nitrogens is 1. The Morgan fingerprint density at radius 3 is 2.44 bits per heavy atom. The first-order chi connectivity index (χ1) is 4.24. The molecule has 0 aromatic carbocycles. The molecule has 0 bridgehead atoms. The molecule has 50 valence electrons. The Balaban J connectivity index is 3.01. The van der Waals surface area contributed by atoms with Crippen molar-refractivity contribution < 1.29 is 10.2 Å². The summed E-state index contributed by atoms with van der Waals surface area (Å²) in [7, 11) is 0. The minimum absolute atomic E-state index is 0.0829. The molecule has 0 aliphatic heterocycles. The lowest BCUT2D eigenvalue weighted by Gasteiger charge is -1.86. The Kier molecular flexibility index (Phi) is 1.54. The maximum absolute atomic E-state index is 8.81. The van der Waals surface area contributed by atoms with Gasteiger partial charge in [-0.15, -0.1) is 0 Å². The van der Waals surface area contributed by atoms with Crippen LogP contribution in [0.2, 0.25) is 0 Å². The van der Waals surface area contributed by atoms with Crippen LogP contribution >= 0.6 is 11.9 Å². The Morgan fingerprint density at radius 1 is 1.56 bits per heavy atom. The lowest BCUT2D eigenvalue weighted by Crippen LogP contribution is -1.74. The van der Waals surface area contributed by atoms with E-state index in [1.165, 1.54) is 6.07 Å². The average Bonchev–Trinajstić information content (AvgIpc) is 2.10. The Labute approximate surface area is 55.8 Å². The van der Waals surface area contributed by atoms with Gasteiger partial charge in [0.1, 0.15) is 0 Å². The van der Waals surface area contributed by atoms with E-state index in [1.807, 2.05) is 0 Å². The predicted octanol–water partition coefficient (Wildman–Crippen LogP) is 0.392. The molecule has 0 unspecified atom stereocenters. The molecule has 0 spiro atoms. The highest BCUT2D eigenvalue weighted by Crippen LogP contribution is 2.27. The van der Waals surface area contributed by atoms with Crippen molar-refractivity contribution >= 4 is 11.9 Å². The first kappa shape index (κ1) is 6.31. The molecule has 0 aliphatic rings. The van der Waals surface area contributed by atoms with Gasteiger partial charge in [-0.05, 0) is 11.9 Å². The number of aromatic amines is 1. The highest BCUT2D eigenvalue weighted by molar-refractivity contribution is 7.97. The zero-order valence-electron chi connectivity index (χ0n) is 4.46. The SMILES string of the molecule is NSc1cc(O)[nH]c1O. The zero-order chi connectivity index (χ0) is 6.85. The van der Waals surface area contributed by atoms with Crippen LogP contribution in [0.4, 0.5) is 0 Å². The molecular weight excluding hydrogens is 140 g/mol. The summed E-state index contributed by atoms with van der Waals surface area (Å²) in [5, 5.41) is 22.6. The number of hydrogen-bond donors (Lipinski definition) is 4. The van der Waals surface area contributed by atoms with E-state index in [4.69, 9.17) is 15.4 Å². The van der Waals surface area contributed by atoms with Crippen LogP contribution in [0.5, 0.6) is 11.8 Å². The van der Waals surface area contributed by atoms with Gasteiger partial charge in [-0.2, -0.15) is 0 Å². The van der Waals surface area contributed by atoms with Crippen LogP contribution in [-0.2, 0) is 0 Å². The number of hydrogen-bond acceptors (Lipinski definition) is 4. The summed E-state index contributed by atoms with van der Waals surface area (Å²) in [4.78, 5) is 2.71. The Bertz CT molecular complexity index is 210. The van der Waals surface area contributed by atoms with Crippen molar-refractivity contribution in [1.82, 2.24) is 4.98 Å². The fourth-order valence-corrected chi connectivity index (χ4v) is 0.844. The molecule has 0 saturated heterocycles. The molecule has 0 amide bonds. The number of nitrogens with two attached hydrogens (primary N) is 1. The standard InChI is InChI=1S/C4H6N2O2S/c5-9-2-1-3(7)6-4(2)8/h1,6-8H,5H2. The van der Waals surface area contributed by atoms with Crippen LogP contribution < -0.4 is 5.14 Å². The summed E-state index contributed by atoms with van der Waals surface area (Å²) in [5.41, 5.74) is 0. The predicted molar refractivity (Wildman–Crippen MR) is 34.2 cm³/mol. The molecule has 5 N–H and O–H groups in total. The van der Waals surface area contributed by atoms with Crippen LogP contribution in [-0.4, -0.2) is 15.2 Å². The van der Waals surface area contributed by atoms with Gasteiger partial charge in [0.05, 0.1) is 4.90 Å². The molecule has 5 heteroatoms. The monoisotopic (exact) mass is 146 g/mol. The molecule has 1 rings (SSSR count). The molecule has 1 heterocycles. The van der Waals surface area contributed by atoms with Gasteiger partial charge in [-0.1, -0.05) is 0 Å². The Hall–Kier alpha value is -0.810. The second-order valence-electron chi connectivity index (χ2n) is 1.49. The summed E-state index contributed by atoms with van der Waals surface area (Å²) in [6.07, 6.45) is 0. The smallest absolute Gasteiger partial charge is 0.206 e. The molecule has 0 aliphatic carbocycles. The van der Waals surface area contributed by atoms with E-state index in [-0.39, 0.29) is 11.8 Å². The van der Waals surface area contributed by atoms with Crippen LogP contribution in [0.1, 0.15) is 0 Å². The first-order valence-electron chi connectivity index (χ1n) is 2.21. The van der Waals surface area contributed by atoms with Gasteiger partial charge in [0.2, 0.25) is 5.88 Å². The third-order valence-corrected chi connectivity index (χ3v) is 1.44. The molecule has 0 radical (unpaired) electrons. The van der Waals surface area contributed by atoms with Gasteiger partial charge in [0.15, 0.2) is 5.88 Å². The van der Waals surface area contributed by atoms with Gasteiger partial charge in [0, 0.05) is 6.07 Å². The van der Waals surface area contributed by atoms with Crippen LogP contribution in [0.3, 0.4) is 0 Å². The first-order valence-corrected chi connectivity index (χ1v) is 3.09. The number of aromatic hydroxyl groups is 2. The third-order valence-electron chi connectivity index (χ3n) is 0.875. The third kappa shape index (κ3) is 1.11. The van der Waals surface area contributed by atoms with E-state index in [2.05, 4.69) is 4.98 Å². The number of H-pyrrole nitrogens is 1. The van der Waals surface area contributed by atoms with Gasteiger partial charge >= 0.3 is 0 Å². The van der Waals surface area contributed by atoms with Crippen molar-refractivity contribution in [3.05, 3.63) is 6.07 Å². The lowest BCUT2D eigenvalue weighted by atomic mass is 10.6. The molecule has 0 fully saturated rings. The van der Waals surface area contributed by atoms with Gasteiger partial charge < -0.3 is 10.2 Å². The lowest BCUT2D eigenvalue weighted by molar-refractivity contribution is 0.421. The second-order valence-corrected chi connectivity index (χ2v) is 2.16. The topological polar surface area (TPSA) is 82.3 Å². The molecule has 1 aromatic heterocycles. The molecule has 1 aromatic rings. The summed E-state index contributed by atoms with van der Waals surface area (Å²) >= 11 is 0.875. The normalized spacial score (nSPS) is 9.89. The second kappa shape index (κ2) is 2.20. The van der Waals surface area contributed by atoms with Gasteiger partial charge in [0.25, 0.3) is 0 Å². The van der Waals surface area contributed by atoms with E-state index in [1.54, 1.807) is 0 Å². The van der Waals surface area contributed by atoms with Crippen molar-refractivity contribution in [3.8, 4) is 11.8 Å². The highest BCUT2D eigenvalue weighted by Gasteiger charge is 2.03. The van der Waals surface area contributed by atoms with Crippen LogP contribution in [0.15, 0.2) is 11.0 Å². The number of nitrogens with one attached hydrogen (secondary N) is 1. The van der Waals surface area contributed by atoms with Crippen molar-refractivity contribution in [2.75, 3.05) is 0 Å². The average molecular weight is 146 g/mol. The van der Waals surface area contributed by atoms with E-state index >= 15 is 0 Å². The largest absolute Gasteiger partial charge is 0.494 e. The molecule has 9 heavy (non-hydrogen) atoms. The molecular formula is C4H6N2O2S. The summed E-state index contributed by atoms with van der Waals surface area (Å²) in [6.45, 7) is 0. The van der Waals surface area contributed by atoms with E-state index in [0.29, 0.717) is 4.90 Å². The minimum Gasteiger partial charge on any atom is -0.494 e. The highest BCUT2D eigenvalue weighted by atomic mass is 32.2. The van der Waals surface area contributed by atoms with Crippen molar-refractivity contribution in [3.63, 3.8) is 0 Å². The van der Waals surface area contributed by atoms with Gasteiger partial charge in [-0.3, -0.25) is 10.1 Å². The van der Waals surface area contributed by atoms with Crippen molar-refractivity contribution in [2.24, 2.45) is 5.14 Å². The zero-order valence-corrected chi connectivity index (χ0v) is 5.27. The van der Waals surface area contributed by atoms with Crippen molar-refractivity contribution in [1.29, 1.82) is 0 Å². The van der Waals surface area contributed by atoms with E-state index in [9.17, 15) is 0 Å². The molecule has 4 nitrogen and oxygen atoms in total. The maximum atomic E-state index is 8.81. The summed E-state index contributed by atoms with van der Waals surface area (Å²) < 4.78 is 0. The fraction of sp³-hybridized carbons (Fsp3) is 0. The van der Waals surface area contributed by atoms with E-state index < -0.39 is 0 Å². The summed E-state index contributed by atoms with van der Waals surface area (Å²) in [6, 6.07) is 1.35.